The van der Waals surface area contributed by atoms with Crippen LogP contribution in [0.25, 0.3) is 0 Å². The van der Waals surface area contributed by atoms with Gasteiger partial charge in [0.25, 0.3) is 0 Å². The first kappa shape index (κ1) is 37.2. The fourth-order valence-corrected chi connectivity index (χ4v) is 6.97. The van der Waals surface area contributed by atoms with Crippen LogP contribution in [-0.4, -0.2) is 50.8 Å². The summed E-state index contributed by atoms with van der Waals surface area (Å²) < 4.78 is 0. The van der Waals surface area contributed by atoms with Gasteiger partial charge in [0.1, 0.15) is 0 Å². The molecule has 0 saturated heterocycles. The van der Waals surface area contributed by atoms with Crippen molar-refractivity contribution in [2.24, 2.45) is 0 Å². The zero-order valence-electron chi connectivity index (χ0n) is 27.0. The quantitative estimate of drug-likeness (QED) is 0.0545. The van der Waals surface area contributed by atoms with Crippen LogP contribution in [0.5, 0.6) is 0 Å². The predicted octanol–water partition coefficient (Wildman–Crippen LogP) is 8.42. The van der Waals surface area contributed by atoms with E-state index in [2.05, 4.69) is 83.6 Å². The van der Waals surface area contributed by atoms with Crippen molar-refractivity contribution in [3.8, 4) is 0 Å². The Morgan fingerprint density at radius 3 is 1.12 bits per heavy atom. The lowest BCUT2D eigenvalue weighted by Gasteiger charge is -2.08. The summed E-state index contributed by atoms with van der Waals surface area (Å²) in [5.74, 6) is 2.42. The molecule has 2 rings (SSSR count). The Hall–Kier alpha value is -1.02. The molecule has 4 nitrogen and oxygen atoms in total. The normalized spacial score (nSPS) is 11.4. The summed E-state index contributed by atoms with van der Waals surface area (Å²) in [4.78, 5) is 0. The van der Waals surface area contributed by atoms with E-state index in [0.717, 1.165) is 39.3 Å². The van der Waals surface area contributed by atoms with E-state index in [1.54, 1.807) is 0 Å². The minimum atomic E-state index is 1.00. The van der Waals surface area contributed by atoms with Crippen LogP contribution in [0.2, 0.25) is 0 Å². The van der Waals surface area contributed by atoms with Gasteiger partial charge in [-0.1, -0.05) is 121 Å². The van der Waals surface area contributed by atoms with Crippen molar-refractivity contribution in [1.29, 1.82) is 0 Å². The first-order chi connectivity index (χ1) is 20.8. The highest BCUT2D eigenvalue weighted by Gasteiger charge is 1.99. The Bertz CT molecular complexity index is 807. The minimum absolute atomic E-state index is 1.00. The second kappa shape index (κ2) is 27.5. The third-order valence-corrected chi connectivity index (χ3v) is 10.3. The third-order valence-electron chi connectivity index (χ3n) is 7.88. The van der Waals surface area contributed by atoms with Gasteiger partial charge < -0.3 is 21.3 Å². The van der Waals surface area contributed by atoms with Crippen LogP contribution in [0.1, 0.15) is 99.3 Å². The van der Waals surface area contributed by atoms with Gasteiger partial charge in [0, 0.05) is 37.7 Å². The maximum Gasteiger partial charge on any atom is 0.0208 e. The van der Waals surface area contributed by atoms with Gasteiger partial charge in [-0.05, 0) is 88.0 Å². The first-order valence-corrected chi connectivity index (χ1v) is 19.4. The van der Waals surface area contributed by atoms with Crippen molar-refractivity contribution in [1.82, 2.24) is 21.3 Å². The molecule has 2 aromatic carbocycles. The summed E-state index contributed by atoms with van der Waals surface area (Å²) in [5, 5.41) is 14.4. The zero-order valence-corrected chi connectivity index (χ0v) is 28.6. The smallest absolute Gasteiger partial charge is 0.0208 e. The summed E-state index contributed by atoms with van der Waals surface area (Å²) in [5.41, 5.74) is 5.63. The molecule has 42 heavy (non-hydrogen) atoms. The number of unbranched alkanes of at least 4 members (excludes halogenated alkanes) is 10. The Morgan fingerprint density at radius 1 is 0.405 bits per heavy atom. The summed E-state index contributed by atoms with van der Waals surface area (Å²) in [7, 11) is 4.04. The summed E-state index contributed by atoms with van der Waals surface area (Å²) in [6.45, 7) is 13.3. The highest BCUT2D eigenvalue weighted by atomic mass is 33.1. The predicted molar refractivity (Wildman–Crippen MR) is 192 cm³/mol. The van der Waals surface area contributed by atoms with Crippen molar-refractivity contribution >= 4 is 21.6 Å². The molecule has 0 bridgehead atoms. The van der Waals surface area contributed by atoms with Crippen LogP contribution in [0, 0.1) is 13.8 Å². The van der Waals surface area contributed by atoms with Crippen LogP contribution in [0.4, 0.5) is 0 Å². The van der Waals surface area contributed by atoms with Crippen molar-refractivity contribution in [3.63, 3.8) is 0 Å². The van der Waals surface area contributed by atoms with Crippen molar-refractivity contribution in [2.75, 3.05) is 50.8 Å². The molecule has 0 amide bonds. The average molecular weight is 615 g/mol. The maximum atomic E-state index is 3.62. The van der Waals surface area contributed by atoms with Gasteiger partial charge in [-0.3, -0.25) is 0 Å². The molecular weight excluding hydrogens is 553 g/mol. The lowest BCUT2D eigenvalue weighted by atomic mass is 10.1. The standard InChI is InChI=1S/C36H62N4S2/c1-33-19-11-13-21-35(33)31-39-25-17-9-5-3-7-15-23-37-27-29-41-42-30-28-38-24-16-8-4-6-10-18-26-40-32-36-22-14-12-20-34(36)2/h11-14,19-22,37-40H,3-10,15-18,23-32H2,1-2H3. The number of hydrogen-bond acceptors (Lipinski definition) is 6. The lowest BCUT2D eigenvalue weighted by Crippen LogP contribution is -2.19. The molecule has 4 N–H and O–H groups in total. The van der Waals surface area contributed by atoms with Crippen LogP contribution in [-0.2, 0) is 13.1 Å². The van der Waals surface area contributed by atoms with E-state index in [-0.39, 0.29) is 0 Å². The van der Waals surface area contributed by atoms with Crippen LogP contribution in [0.3, 0.4) is 0 Å². The van der Waals surface area contributed by atoms with Crippen molar-refractivity contribution in [3.05, 3.63) is 70.8 Å². The van der Waals surface area contributed by atoms with E-state index >= 15 is 0 Å². The van der Waals surface area contributed by atoms with E-state index < -0.39 is 0 Å². The van der Waals surface area contributed by atoms with Gasteiger partial charge in [0.2, 0.25) is 0 Å². The molecule has 2 aromatic rings. The largest absolute Gasteiger partial charge is 0.316 e. The Kier molecular flexibility index (Phi) is 24.4. The molecule has 0 radical (unpaired) electrons. The minimum Gasteiger partial charge on any atom is -0.316 e. The van der Waals surface area contributed by atoms with E-state index in [1.165, 1.54) is 124 Å². The van der Waals surface area contributed by atoms with E-state index in [0.29, 0.717) is 0 Å². The van der Waals surface area contributed by atoms with Gasteiger partial charge in [0.05, 0.1) is 0 Å². The van der Waals surface area contributed by atoms with Gasteiger partial charge in [0.15, 0.2) is 0 Å². The summed E-state index contributed by atoms with van der Waals surface area (Å²) >= 11 is 0. The van der Waals surface area contributed by atoms with E-state index in [1.807, 2.05) is 21.6 Å². The summed E-state index contributed by atoms with van der Waals surface area (Å²) in [6.07, 6.45) is 16.2. The number of nitrogens with one attached hydrogen (secondary N) is 4. The number of aryl methyl sites for hydroxylation is 2. The van der Waals surface area contributed by atoms with E-state index in [9.17, 15) is 0 Å². The van der Waals surface area contributed by atoms with Crippen LogP contribution in [0.15, 0.2) is 48.5 Å². The SMILES string of the molecule is Cc1ccccc1CNCCCCCCCCNCCSSCCNCCCCCCCCNCc1ccccc1C. The topological polar surface area (TPSA) is 48.1 Å². The molecule has 0 spiro atoms. The highest BCUT2D eigenvalue weighted by Crippen LogP contribution is 2.19. The molecule has 0 aromatic heterocycles. The van der Waals surface area contributed by atoms with Gasteiger partial charge >= 0.3 is 0 Å². The fourth-order valence-electron chi connectivity index (χ4n) is 5.07. The Balaban J connectivity index is 1.18. The van der Waals surface area contributed by atoms with Gasteiger partial charge in [-0.15, -0.1) is 0 Å². The first-order valence-electron chi connectivity index (χ1n) is 16.9. The molecule has 0 saturated carbocycles. The molecule has 0 fully saturated rings. The third kappa shape index (κ3) is 20.8. The monoisotopic (exact) mass is 614 g/mol. The van der Waals surface area contributed by atoms with Gasteiger partial charge in [-0.25, -0.2) is 0 Å². The molecule has 0 heterocycles. The fraction of sp³-hybridized carbons (Fsp3) is 0.667. The van der Waals surface area contributed by atoms with Crippen molar-refractivity contribution < 1.29 is 0 Å². The number of rotatable bonds is 29. The van der Waals surface area contributed by atoms with Crippen LogP contribution < -0.4 is 21.3 Å². The van der Waals surface area contributed by atoms with E-state index in [4.69, 9.17) is 0 Å². The van der Waals surface area contributed by atoms with Crippen molar-refractivity contribution in [2.45, 2.75) is 104 Å². The molecule has 0 atom stereocenters. The number of benzene rings is 2. The number of hydrogen-bond donors (Lipinski definition) is 4. The maximum absolute atomic E-state index is 3.62. The molecular formula is C36H62N4S2. The lowest BCUT2D eigenvalue weighted by molar-refractivity contribution is 0.553. The molecule has 0 aliphatic carbocycles. The molecule has 238 valence electrons. The second-order valence-corrected chi connectivity index (χ2v) is 14.3. The Morgan fingerprint density at radius 2 is 0.738 bits per heavy atom. The highest BCUT2D eigenvalue weighted by molar-refractivity contribution is 8.76. The van der Waals surface area contributed by atoms with Gasteiger partial charge in [-0.2, -0.15) is 0 Å². The molecule has 6 heteroatoms. The summed E-state index contributed by atoms with van der Waals surface area (Å²) in [6, 6.07) is 17.3. The molecule has 0 unspecified atom stereocenters. The Labute approximate surface area is 267 Å². The average Bonchev–Trinajstić information content (AvgIpc) is 3.00. The van der Waals surface area contributed by atoms with Crippen LogP contribution >= 0.6 is 21.6 Å². The zero-order chi connectivity index (χ0) is 29.8. The molecule has 0 aliphatic heterocycles. The second-order valence-electron chi connectivity index (χ2n) is 11.6. The molecule has 0 aliphatic rings.